The van der Waals surface area contributed by atoms with Gasteiger partial charge in [0, 0.05) is 58.1 Å². The number of carbonyl (C=O) groups excluding carboxylic acids is 1. The molecule has 0 aromatic heterocycles. The van der Waals surface area contributed by atoms with Crippen molar-refractivity contribution in [3.8, 4) is 0 Å². The molecular formula is C23H36IN5O3. The van der Waals surface area contributed by atoms with Crippen molar-refractivity contribution >= 4 is 41.5 Å². The highest BCUT2D eigenvalue weighted by Crippen LogP contribution is 2.21. The summed E-state index contributed by atoms with van der Waals surface area (Å²) in [6.07, 6.45) is 2.40. The number of ether oxygens (including phenoxy) is 2. The standard InChI is InChI=1S/C23H35N5O3.HI/c1-2-24-23(28-14-16-31-21(18-28)20-9-6-15-30-20)25-17-22(29)27-12-10-26(11-13-27)19-7-4-3-5-8-19;/h3-5,7-8,20-21H,2,6,9-18H2,1H3,(H,24,25);1H. The summed E-state index contributed by atoms with van der Waals surface area (Å²) in [5.74, 6) is 0.886. The van der Waals surface area contributed by atoms with Gasteiger partial charge in [0.25, 0.3) is 0 Å². The Morgan fingerprint density at radius 1 is 1.03 bits per heavy atom. The van der Waals surface area contributed by atoms with E-state index >= 15 is 0 Å². The number of piperazine rings is 1. The molecule has 3 fully saturated rings. The van der Waals surface area contributed by atoms with E-state index in [0.29, 0.717) is 6.61 Å². The number of carbonyl (C=O) groups is 1. The normalized spacial score (nSPS) is 24.3. The Labute approximate surface area is 208 Å². The van der Waals surface area contributed by atoms with Gasteiger partial charge in [0.05, 0.1) is 12.7 Å². The van der Waals surface area contributed by atoms with Crippen LogP contribution in [0, 0.1) is 0 Å². The summed E-state index contributed by atoms with van der Waals surface area (Å²) in [7, 11) is 0. The molecule has 8 nitrogen and oxygen atoms in total. The van der Waals surface area contributed by atoms with Crippen molar-refractivity contribution in [2.24, 2.45) is 4.99 Å². The van der Waals surface area contributed by atoms with E-state index in [1.54, 1.807) is 0 Å². The summed E-state index contributed by atoms with van der Waals surface area (Å²) < 4.78 is 11.8. The Morgan fingerprint density at radius 3 is 2.47 bits per heavy atom. The molecule has 3 aliphatic rings. The van der Waals surface area contributed by atoms with Gasteiger partial charge in [0.1, 0.15) is 12.6 Å². The highest BCUT2D eigenvalue weighted by atomic mass is 127. The van der Waals surface area contributed by atoms with Crippen LogP contribution >= 0.6 is 24.0 Å². The van der Waals surface area contributed by atoms with Gasteiger partial charge in [0.15, 0.2) is 5.96 Å². The highest BCUT2D eigenvalue weighted by Gasteiger charge is 2.32. The lowest BCUT2D eigenvalue weighted by molar-refractivity contribution is -0.129. The first kappa shape index (κ1) is 25.0. The quantitative estimate of drug-likeness (QED) is 0.339. The van der Waals surface area contributed by atoms with Crippen molar-refractivity contribution in [2.75, 3.05) is 70.5 Å². The van der Waals surface area contributed by atoms with E-state index in [4.69, 9.17) is 9.47 Å². The van der Waals surface area contributed by atoms with E-state index in [2.05, 4.69) is 51.3 Å². The molecule has 1 N–H and O–H groups in total. The van der Waals surface area contributed by atoms with Crippen LogP contribution in [0.2, 0.25) is 0 Å². The van der Waals surface area contributed by atoms with Crippen LogP contribution in [0.15, 0.2) is 35.3 Å². The van der Waals surface area contributed by atoms with E-state index in [-0.39, 0.29) is 48.6 Å². The van der Waals surface area contributed by atoms with E-state index < -0.39 is 0 Å². The van der Waals surface area contributed by atoms with Crippen LogP contribution in [-0.2, 0) is 14.3 Å². The molecule has 0 radical (unpaired) electrons. The van der Waals surface area contributed by atoms with Gasteiger partial charge in [-0.2, -0.15) is 0 Å². The first-order chi connectivity index (χ1) is 15.2. The highest BCUT2D eigenvalue weighted by molar-refractivity contribution is 14.0. The zero-order valence-corrected chi connectivity index (χ0v) is 21.3. The minimum absolute atomic E-state index is 0. The number of nitrogens with zero attached hydrogens (tertiary/aromatic N) is 4. The number of hydrogen-bond acceptors (Lipinski definition) is 5. The first-order valence-electron chi connectivity index (χ1n) is 11.6. The number of aliphatic imine (C=N–C) groups is 1. The molecule has 178 valence electrons. The summed E-state index contributed by atoms with van der Waals surface area (Å²) in [6, 6.07) is 10.4. The second-order valence-corrected chi connectivity index (χ2v) is 8.28. The fraction of sp³-hybridized carbons (Fsp3) is 0.652. The van der Waals surface area contributed by atoms with Gasteiger partial charge in [0.2, 0.25) is 5.91 Å². The average molecular weight is 557 g/mol. The molecule has 4 rings (SSSR count). The summed E-state index contributed by atoms with van der Waals surface area (Å²) >= 11 is 0. The molecule has 0 saturated carbocycles. The average Bonchev–Trinajstić information content (AvgIpc) is 3.37. The van der Waals surface area contributed by atoms with Crippen molar-refractivity contribution in [1.29, 1.82) is 0 Å². The van der Waals surface area contributed by atoms with Gasteiger partial charge in [-0.15, -0.1) is 24.0 Å². The maximum Gasteiger partial charge on any atom is 0.244 e. The van der Waals surface area contributed by atoms with Gasteiger partial charge in [-0.3, -0.25) is 4.79 Å². The fourth-order valence-electron chi connectivity index (χ4n) is 4.51. The molecule has 1 aromatic rings. The molecule has 2 unspecified atom stereocenters. The van der Waals surface area contributed by atoms with Crippen LogP contribution in [-0.4, -0.2) is 99.4 Å². The number of rotatable bonds is 5. The zero-order chi connectivity index (χ0) is 21.5. The molecule has 1 aromatic carbocycles. The molecular weight excluding hydrogens is 521 g/mol. The Morgan fingerprint density at radius 2 is 1.78 bits per heavy atom. The number of guanidine groups is 1. The minimum atomic E-state index is 0. The topological polar surface area (TPSA) is 69.6 Å². The maximum atomic E-state index is 12.8. The molecule has 0 spiro atoms. The van der Waals surface area contributed by atoms with Crippen molar-refractivity contribution in [1.82, 2.24) is 15.1 Å². The summed E-state index contributed by atoms with van der Waals surface area (Å²) in [4.78, 5) is 24.0. The molecule has 32 heavy (non-hydrogen) atoms. The third-order valence-corrected chi connectivity index (χ3v) is 6.23. The largest absolute Gasteiger partial charge is 0.375 e. The molecule has 0 aliphatic carbocycles. The predicted octanol–water partition coefficient (Wildman–Crippen LogP) is 1.80. The van der Waals surface area contributed by atoms with Crippen molar-refractivity contribution in [3.63, 3.8) is 0 Å². The number of hydrogen-bond donors (Lipinski definition) is 1. The molecule has 3 aliphatic heterocycles. The summed E-state index contributed by atoms with van der Waals surface area (Å²) in [5.41, 5.74) is 1.22. The second kappa shape index (κ2) is 12.6. The van der Waals surface area contributed by atoms with Crippen molar-refractivity contribution in [3.05, 3.63) is 30.3 Å². The number of para-hydroxylation sites is 1. The lowest BCUT2D eigenvalue weighted by Gasteiger charge is -2.37. The lowest BCUT2D eigenvalue weighted by Crippen LogP contribution is -2.53. The van der Waals surface area contributed by atoms with Gasteiger partial charge in [-0.05, 0) is 31.9 Å². The molecule has 3 saturated heterocycles. The predicted molar refractivity (Wildman–Crippen MR) is 137 cm³/mol. The Bertz CT molecular complexity index is 736. The number of amides is 1. The number of benzene rings is 1. The Kier molecular flexibility index (Phi) is 9.86. The van der Waals surface area contributed by atoms with Crippen LogP contribution in [0.4, 0.5) is 5.69 Å². The maximum absolute atomic E-state index is 12.8. The van der Waals surface area contributed by atoms with Crippen LogP contribution in [0.3, 0.4) is 0 Å². The number of anilines is 1. The molecule has 2 atom stereocenters. The second-order valence-electron chi connectivity index (χ2n) is 8.28. The van der Waals surface area contributed by atoms with Crippen LogP contribution in [0.5, 0.6) is 0 Å². The summed E-state index contributed by atoms with van der Waals surface area (Å²) in [5, 5.41) is 3.35. The van der Waals surface area contributed by atoms with Crippen LogP contribution in [0.25, 0.3) is 0 Å². The van der Waals surface area contributed by atoms with Crippen LogP contribution in [0.1, 0.15) is 19.8 Å². The number of morpholine rings is 1. The molecule has 9 heteroatoms. The van der Waals surface area contributed by atoms with Crippen LogP contribution < -0.4 is 10.2 Å². The van der Waals surface area contributed by atoms with Gasteiger partial charge < -0.3 is 29.5 Å². The smallest absolute Gasteiger partial charge is 0.244 e. The summed E-state index contributed by atoms with van der Waals surface area (Å²) in [6.45, 7) is 9.18. The third-order valence-electron chi connectivity index (χ3n) is 6.23. The zero-order valence-electron chi connectivity index (χ0n) is 18.9. The molecule has 0 bridgehead atoms. The van der Waals surface area contributed by atoms with E-state index in [1.165, 1.54) is 5.69 Å². The molecule has 3 heterocycles. The van der Waals surface area contributed by atoms with E-state index in [0.717, 1.165) is 71.2 Å². The first-order valence-corrected chi connectivity index (χ1v) is 11.6. The van der Waals surface area contributed by atoms with Gasteiger partial charge in [-0.1, -0.05) is 18.2 Å². The minimum Gasteiger partial charge on any atom is -0.375 e. The molecule has 1 amide bonds. The number of nitrogens with one attached hydrogen (secondary N) is 1. The van der Waals surface area contributed by atoms with Gasteiger partial charge in [-0.25, -0.2) is 4.99 Å². The Balaban J connectivity index is 0.00000289. The number of halogens is 1. The van der Waals surface area contributed by atoms with Gasteiger partial charge >= 0.3 is 0 Å². The van der Waals surface area contributed by atoms with E-state index in [1.807, 2.05) is 11.0 Å². The third kappa shape index (κ3) is 6.48. The SMILES string of the molecule is CCNC(=NCC(=O)N1CCN(c2ccccc2)CC1)N1CCOC(C2CCCO2)C1.I. The monoisotopic (exact) mass is 557 g/mol. The Hall–Kier alpha value is -1.59. The van der Waals surface area contributed by atoms with Crippen molar-refractivity contribution in [2.45, 2.75) is 32.0 Å². The van der Waals surface area contributed by atoms with E-state index in [9.17, 15) is 4.79 Å². The fourth-order valence-corrected chi connectivity index (χ4v) is 4.51. The van der Waals surface area contributed by atoms with Crippen molar-refractivity contribution < 1.29 is 14.3 Å². The lowest BCUT2D eigenvalue weighted by atomic mass is 10.1.